The minimum atomic E-state index is 0.670. The van der Waals surface area contributed by atoms with Crippen LogP contribution in [-0.2, 0) is 12.8 Å². The maximum atomic E-state index is 9.40. The van der Waals surface area contributed by atoms with Crippen molar-refractivity contribution in [3.8, 4) is 6.07 Å². The third-order valence-electron chi connectivity index (χ3n) is 3.65. The van der Waals surface area contributed by atoms with E-state index in [-0.39, 0.29) is 0 Å². The Hall–Kier alpha value is -1.92. The first kappa shape index (κ1) is 13.1. The van der Waals surface area contributed by atoms with Gasteiger partial charge in [-0.05, 0) is 36.8 Å². The van der Waals surface area contributed by atoms with Crippen molar-refractivity contribution >= 4 is 23.0 Å². The molecule has 1 heterocycles. The number of nitrogens with zero attached hydrogens (tertiary/aromatic N) is 2. The van der Waals surface area contributed by atoms with Crippen molar-refractivity contribution in [1.29, 1.82) is 5.26 Å². The highest BCUT2D eigenvalue weighted by molar-refractivity contribution is 7.13. The van der Waals surface area contributed by atoms with Gasteiger partial charge in [-0.15, -0.1) is 11.3 Å². The first-order chi connectivity index (χ1) is 9.76. The van der Waals surface area contributed by atoms with Gasteiger partial charge in [-0.25, -0.2) is 4.98 Å². The first-order valence-electron chi connectivity index (χ1n) is 6.92. The summed E-state index contributed by atoms with van der Waals surface area (Å²) in [5, 5.41) is 10.3. The highest BCUT2D eigenvalue weighted by Gasteiger charge is 2.20. The topological polar surface area (TPSA) is 36.7 Å². The second kappa shape index (κ2) is 5.60. The van der Waals surface area contributed by atoms with Gasteiger partial charge in [0.15, 0.2) is 0 Å². The van der Waals surface area contributed by atoms with Gasteiger partial charge in [0.05, 0.1) is 11.3 Å². The van der Waals surface area contributed by atoms with Gasteiger partial charge in [0, 0.05) is 4.88 Å². The van der Waals surface area contributed by atoms with Crippen LogP contribution in [0.3, 0.4) is 0 Å². The predicted molar refractivity (Wildman–Crippen MR) is 83.2 cm³/mol. The van der Waals surface area contributed by atoms with Gasteiger partial charge in [0.25, 0.3) is 0 Å². The molecule has 3 rings (SSSR count). The first-order valence-corrected chi connectivity index (χ1v) is 7.73. The van der Waals surface area contributed by atoms with Crippen LogP contribution in [0, 0.1) is 17.2 Å². The van der Waals surface area contributed by atoms with Crippen molar-refractivity contribution in [3.63, 3.8) is 0 Å². The van der Waals surface area contributed by atoms with Crippen molar-refractivity contribution in [2.24, 2.45) is 5.92 Å². The zero-order valence-corrected chi connectivity index (χ0v) is 12.3. The fourth-order valence-corrected chi connectivity index (χ4v) is 3.75. The van der Waals surface area contributed by atoms with E-state index in [1.807, 2.05) is 36.4 Å². The van der Waals surface area contributed by atoms with Gasteiger partial charge < -0.3 is 0 Å². The maximum Gasteiger partial charge on any atom is 0.134 e. The van der Waals surface area contributed by atoms with Crippen molar-refractivity contribution in [3.05, 3.63) is 51.5 Å². The number of benzene rings is 1. The molecule has 0 unspecified atom stereocenters. The van der Waals surface area contributed by atoms with Crippen LogP contribution < -0.4 is 0 Å². The second-order valence-corrected chi connectivity index (χ2v) is 6.40. The van der Waals surface area contributed by atoms with Crippen LogP contribution in [0.1, 0.15) is 34.5 Å². The van der Waals surface area contributed by atoms with E-state index >= 15 is 0 Å². The van der Waals surface area contributed by atoms with Gasteiger partial charge in [0.1, 0.15) is 11.1 Å². The summed E-state index contributed by atoms with van der Waals surface area (Å²) in [6, 6.07) is 12.3. The Kier molecular flexibility index (Phi) is 3.66. The molecule has 1 atom stereocenters. The van der Waals surface area contributed by atoms with Crippen LogP contribution in [0.4, 0.5) is 0 Å². The number of hydrogen-bond acceptors (Lipinski definition) is 3. The SMILES string of the molecule is C[C@@H]1CCc2nc(/C(C#N)=C/c3ccccc3)sc2C1. The number of thiazole rings is 1. The third kappa shape index (κ3) is 2.66. The molecule has 0 N–H and O–H groups in total. The second-order valence-electron chi connectivity index (χ2n) is 5.32. The lowest BCUT2D eigenvalue weighted by Crippen LogP contribution is -2.09. The van der Waals surface area contributed by atoms with E-state index in [2.05, 4.69) is 18.0 Å². The summed E-state index contributed by atoms with van der Waals surface area (Å²) < 4.78 is 0. The highest BCUT2D eigenvalue weighted by atomic mass is 32.1. The summed E-state index contributed by atoms with van der Waals surface area (Å²) in [6.45, 7) is 2.29. The molecule has 20 heavy (non-hydrogen) atoms. The van der Waals surface area contributed by atoms with Gasteiger partial charge in [-0.2, -0.15) is 5.26 Å². The Bertz CT molecular complexity index is 677. The van der Waals surface area contributed by atoms with Gasteiger partial charge in [-0.1, -0.05) is 37.3 Å². The molecule has 0 bridgehead atoms. The summed E-state index contributed by atoms with van der Waals surface area (Å²) in [5.41, 5.74) is 2.92. The molecular weight excluding hydrogens is 264 g/mol. The summed E-state index contributed by atoms with van der Waals surface area (Å²) >= 11 is 1.69. The summed E-state index contributed by atoms with van der Waals surface area (Å²) in [4.78, 5) is 6.05. The zero-order chi connectivity index (χ0) is 13.9. The Morgan fingerprint density at radius 3 is 2.95 bits per heavy atom. The van der Waals surface area contributed by atoms with E-state index in [1.165, 1.54) is 17.0 Å². The largest absolute Gasteiger partial charge is 0.240 e. The minimum absolute atomic E-state index is 0.670. The smallest absolute Gasteiger partial charge is 0.134 e. The predicted octanol–water partition coefficient (Wildman–Crippen LogP) is 4.33. The Morgan fingerprint density at radius 2 is 2.20 bits per heavy atom. The van der Waals surface area contributed by atoms with Crippen molar-refractivity contribution in [2.75, 3.05) is 0 Å². The molecule has 1 aliphatic rings. The van der Waals surface area contributed by atoms with E-state index in [0.29, 0.717) is 5.57 Å². The normalized spacial score (nSPS) is 18.4. The van der Waals surface area contributed by atoms with Crippen LogP contribution in [0.15, 0.2) is 30.3 Å². The molecule has 2 nitrogen and oxygen atoms in total. The molecule has 0 amide bonds. The average molecular weight is 280 g/mol. The maximum absolute atomic E-state index is 9.40. The molecule has 0 spiro atoms. The Balaban J connectivity index is 1.95. The van der Waals surface area contributed by atoms with E-state index in [4.69, 9.17) is 0 Å². The molecule has 3 heteroatoms. The van der Waals surface area contributed by atoms with Crippen molar-refractivity contribution in [1.82, 2.24) is 4.98 Å². The van der Waals surface area contributed by atoms with Crippen LogP contribution >= 0.6 is 11.3 Å². The van der Waals surface area contributed by atoms with Crippen LogP contribution in [0.25, 0.3) is 11.6 Å². The fraction of sp³-hybridized carbons (Fsp3) is 0.294. The number of allylic oxidation sites excluding steroid dienone is 1. The van der Waals surface area contributed by atoms with Crippen molar-refractivity contribution in [2.45, 2.75) is 26.2 Å². The van der Waals surface area contributed by atoms with Crippen LogP contribution in [0.2, 0.25) is 0 Å². The number of rotatable bonds is 2. The summed E-state index contributed by atoms with van der Waals surface area (Å²) in [5.74, 6) is 0.736. The highest BCUT2D eigenvalue weighted by Crippen LogP contribution is 2.32. The van der Waals surface area contributed by atoms with E-state index in [0.717, 1.165) is 29.3 Å². The summed E-state index contributed by atoms with van der Waals surface area (Å²) in [7, 11) is 0. The molecule has 0 saturated heterocycles. The fourth-order valence-electron chi connectivity index (χ4n) is 2.51. The lowest BCUT2D eigenvalue weighted by atomic mass is 9.93. The minimum Gasteiger partial charge on any atom is -0.240 e. The molecule has 1 aromatic heterocycles. The average Bonchev–Trinajstić information content (AvgIpc) is 2.88. The number of aryl methyl sites for hydroxylation is 1. The van der Waals surface area contributed by atoms with Crippen LogP contribution in [-0.4, -0.2) is 4.98 Å². The third-order valence-corrected chi connectivity index (χ3v) is 4.80. The molecule has 0 radical (unpaired) electrons. The molecule has 0 saturated carbocycles. The number of fused-ring (bicyclic) bond motifs is 1. The quantitative estimate of drug-likeness (QED) is 0.768. The number of hydrogen-bond donors (Lipinski definition) is 0. The van der Waals surface area contributed by atoms with Crippen molar-refractivity contribution < 1.29 is 0 Å². The molecule has 0 fully saturated rings. The zero-order valence-electron chi connectivity index (χ0n) is 11.5. The molecule has 2 aromatic rings. The monoisotopic (exact) mass is 280 g/mol. The lowest BCUT2D eigenvalue weighted by Gasteiger charge is -2.15. The van der Waals surface area contributed by atoms with E-state index in [1.54, 1.807) is 11.3 Å². The van der Waals surface area contributed by atoms with Gasteiger partial charge >= 0.3 is 0 Å². The summed E-state index contributed by atoms with van der Waals surface area (Å²) in [6.07, 6.45) is 5.29. The molecule has 1 aliphatic carbocycles. The molecular formula is C17H16N2S. The Labute approximate surface area is 123 Å². The molecule has 0 aliphatic heterocycles. The van der Waals surface area contributed by atoms with E-state index < -0.39 is 0 Å². The molecule has 100 valence electrons. The molecule has 1 aromatic carbocycles. The van der Waals surface area contributed by atoms with E-state index in [9.17, 15) is 5.26 Å². The standard InChI is InChI=1S/C17H16N2S/c1-12-7-8-15-16(9-12)20-17(19-15)14(11-18)10-13-5-3-2-4-6-13/h2-6,10,12H,7-9H2,1H3/b14-10+/t12-/m1/s1. The number of aromatic nitrogens is 1. The van der Waals surface area contributed by atoms with Gasteiger partial charge in [-0.3, -0.25) is 0 Å². The Morgan fingerprint density at radius 1 is 1.40 bits per heavy atom. The lowest BCUT2D eigenvalue weighted by molar-refractivity contribution is 0.502. The number of nitriles is 1. The van der Waals surface area contributed by atoms with Crippen LogP contribution in [0.5, 0.6) is 0 Å². The van der Waals surface area contributed by atoms with Gasteiger partial charge in [0.2, 0.25) is 0 Å².